The molecule has 0 saturated carbocycles. The maximum Gasteiger partial charge on any atom is 0.335 e. The van der Waals surface area contributed by atoms with Crippen LogP contribution in [0.1, 0.15) is 26.7 Å². The number of phenols is 1. The van der Waals surface area contributed by atoms with Crippen molar-refractivity contribution in [3.05, 3.63) is 47.4 Å². The Morgan fingerprint density at radius 1 is 1.21 bits per heavy atom. The number of anilines is 1. The van der Waals surface area contributed by atoms with Crippen LogP contribution in [0.3, 0.4) is 0 Å². The predicted molar refractivity (Wildman–Crippen MR) is 66.5 cm³/mol. The summed E-state index contributed by atoms with van der Waals surface area (Å²) in [5.41, 5.74) is -0.0253. The lowest BCUT2D eigenvalue weighted by atomic mass is 10.2. The molecule has 6 heteroatoms. The molecule has 0 aliphatic heterocycles. The number of carbonyl (C=O) groups excluding carboxylic acids is 1. The number of carboxylic acid groups (broad SMARTS) is 1. The van der Waals surface area contributed by atoms with Gasteiger partial charge in [-0.1, -0.05) is 0 Å². The first-order valence-electron chi connectivity index (χ1n) is 5.41. The molecule has 0 saturated heterocycles. The minimum atomic E-state index is -1.15. The van der Waals surface area contributed by atoms with Crippen LogP contribution >= 0.6 is 0 Å². The maximum absolute atomic E-state index is 11.8. The highest BCUT2D eigenvalue weighted by molar-refractivity contribution is 6.03. The quantitative estimate of drug-likeness (QED) is 0.736. The lowest BCUT2D eigenvalue weighted by Crippen LogP contribution is -2.11. The third-order valence-electron chi connectivity index (χ3n) is 2.46. The molecule has 98 valence electrons. The molecule has 0 bridgehead atoms. The Balaban J connectivity index is 2.25. The topological polar surface area (TPSA) is 99.8 Å². The summed E-state index contributed by atoms with van der Waals surface area (Å²) in [6, 6.07) is 6.73. The summed E-state index contributed by atoms with van der Waals surface area (Å²) in [6.07, 6.45) is 0. The van der Waals surface area contributed by atoms with Gasteiger partial charge in [-0.25, -0.2) is 4.79 Å². The van der Waals surface area contributed by atoms with Gasteiger partial charge in [0.25, 0.3) is 5.91 Å². The van der Waals surface area contributed by atoms with Crippen LogP contribution in [0.5, 0.6) is 5.75 Å². The summed E-state index contributed by atoms with van der Waals surface area (Å²) in [5, 5.41) is 20.8. The van der Waals surface area contributed by atoms with Crippen LogP contribution in [-0.4, -0.2) is 22.1 Å². The maximum atomic E-state index is 11.8. The molecule has 1 aromatic heterocycles. The molecule has 2 rings (SSSR count). The molecule has 0 unspecified atom stereocenters. The van der Waals surface area contributed by atoms with Crippen molar-refractivity contribution in [3.8, 4) is 5.75 Å². The summed E-state index contributed by atoms with van der Waals surface area (Å²) in [7, 11) is 0. The highest BCUT2D eigenvalue weighted by Crippen LogP contribution is 2.25. The molecule has 2 aromatic rings. The molecule has 0 atom stereocenters. The van der Waals surface area contributed by atoms with Gasteiger partial charge in [0.05, 0.1) is 11.3 Å². The van der Waals surface area contributed by atoms with E-state index in [1.807, 2.05) is 0 Å². The number of carboxylic acids is 1. The van der Waals surface area contributed by atoms with Gasteiger partial charge in [-0.3, -0.25) is 4.79 Å². The van der Waals surface area contributed by atoms with Gasteiger partial charge in [0.2, 0.25) is 0 Å². The van der Waals surface area contributed by atoms with Gasteiger partial charge in [-0.05, 0) is 37.3 Å². The second kappa shape index (κ2) is 4.85. The van der Waals surface area contributed by atoms with Crippen molar-refractivity contribution in [2.24, 2.45) is 0 Å². The number of phenolic OH excluding ortho intramolecular Hbond substituents is 1. The van der Waals surface area contributed by atoms with Crippen LogP contribution in [0.4, 0.5) is 5.69 Å². The first-order chi connectivity index (χ1) is 8.97. The Hall–Kier alpha value is -2.76. The van der Waals surface area contributed by atoms with E-state index in [0.29, 0.717) is 5.76 Å². The molecule has 0 aliphatic rings. The highest BCUT2D eigenvalue weighted by atomic mass is 16.4. The van der Waals surface area contributed by atoms with E-state index in [9.17, 15) is 14.7 Å². The average molecular weight is 261 g/mol. The molecule has 1 heterocycles. The minimum Gasteiger partial charge on any atom is -0.506 e. The number of carbonyl (C=O) groups is 2. The number of aryl methyl sites for hydroxylation is 1. The fraction of sp³-hybridized carbons (Fsp3) is 0.0769. The summed E-state index contributed by atoms with van der Waals surface area (Å²) < 4.78 is 5.13. The number of benzene rings is 1. The summed E-state index contributed by atoms with van der Waals surface area (Å²) in [5.74, 6) is -1.27. The SMILES string of the molecule is Cc1ccc(C(=O)Nc2cc(C(=O)O)ccc2O)o1. The van der Waals surface area contributed by atoms with Gasteiger partial charge >= 0.3 is 5.97 Å². The zero-order valence-corrected chi connectivity index (χ0v) is 10.0. The fourth-order valence-electron chi connectivity index (χ4n) is 1.51. The monoisotopic (exact) mass is 261 g/mol. The van der Waals surface area contributed by atoms with E-state index in [0.717, 1.165) is 0 Å². The largest absolute Gasteiger partial charge is 0.506 e. The second-order valence-corrected chi connectivity index (χ2v) is 3.90. The Kier molecular flexibility index (Phi) is 3.24. The zero-order valence-electron chi connectivity index (χ0n) is 10.0. The lowest BCUT2D eigenvalue weighted by molar-refractivity contribution is 0.0696. The molecule has 6 nitrogen and oxygen atoms in total. The summed E-state index contributed by atoms with van der Waals surface area (Å²) in [6.45, 7) is 1.69. The molecule has 0 fully saturated rings. The molecule has 0 spiro atoms. The molecular formula is C13H11NO5. The fourth-order valence-corrected chi connectivity index (χ4v) is 1.51. The number of aromatic hydroxyl groups is 1. The van der Waals surface area contributed by atoms with Crippen molar-refractivity contribution in [2.45, 2.75) is 6.92 Å². The first kappa shape index (κ1) is 12.7. The van der Waals surface area contributed by atoms with Crippen molar-refractivity contribution in [1.29, 1.82) is 0 Å². The summed E-state index contributed by atoms with van der Waals surface area (Å²) in [4.78, 5) is 22.6. The standard InChI is InChI=1S/C13H11NO5/c1-7-2-5-11(19-7)12(16)14-9-6-8(13(17)18)3-4-10(9)15/h2-6,15H,1H3,(H,14,16)(H,17,18). The van der Waals surface area contributed by atoms with Crippen molar-refractivity contribution in [3.63, 3.8) is 0 Å². The lowest BCUT2D eigenvalue weighted by Gasteiger charge is -2.06. The first-order valence-corrected chi connectivity index (χ1v) is 5.41. The Bertz CT molecular complexity index is 644. The van der Waals surface area contributed by atoms with Gasteiger partial charge in [0.1, 0.15) is 11.5 Å². The number of furan rings is 1. The van der Waals surface area contributed by atoms with Crippen LogP contribution < -0.4 is 5.32 Å². The van der Waals surface area contributed by atoms with Crippen LogP contribution in [0.15, 0.2) is 34.7 Å². The third-order valence-corrected chi connectivity index (χ3v) is 2.46. The average Bonchev–Trinajstić information content (AvgIpc) is 2.78. The van der Waals surface area contributed by atoms with Gasteiger partial charge < -0.3 is 19.9 Å². The second-order valence-electron chi connectivity index (χ2n) is 3.90. The molecule has 1 amide bonds. The number of nitrogens with one attached hydrogen (secondary N) is 1. The minimum absolute atomic E-state index is 0.0129. The predicted octanol–water partition coefficient (Wildman–Crippen LogP) is 2.24. The van der Waals surface area contributed by atoms with Crippen molar-refractivity contribution < 1.29 is 24.2 Å². The normalized spacial score (nSPS) is 10.2. The van der Waals surface area contributed by atoms with Gasteiger partial charge in [-0.2, -0.15) is 0 Å². The molecule has 1 aromatic carbocycles. The highest BCUT2D eigenvalue weighted by Gasteiger charge is 2.14. The van der Waals surface area contributed by atoms with Crippen molar-refractivity contribution in [2.75, 3.05) is 5.32 Å². The number of hydrogen-bond acceptors (Lipinski definition) is 4. The molecule has 19 heavy (non-hydrogen) atoms. The smallest absolute Gasteiger partial charge is 0.335 e. The van der Waals surface area contributed by atoms with E-state index >= 15 is 0 Å². The Morgan fingerprint density at radius 3 is 2.53 bits per heavy atom. The van der Waals surface area contributed by atoms with E-state index < -0.39 is 11.9 Å². The van der Waals surface area contributed by atoms with E-state index in [1.54, 1.807) is 13.0 Å². The van der Waals surface area contributed by atoms with Crippen LogP contribution in [0.2, 0.25) is 0 Å². The van der Waals surface area contributed by atoms with Crippen LogP contribution in [-0.2, 0) is 0 Å². The van der Waals surface area contributed by atoms with E-state index in [2.05, 4.69) is 5.32 Å². The number of rotatable bonds is 3. The Labute approximate surface area is 108 Å². The van der Waals surface area contributed by atoms with Crippen LogP contribution in [0, 0.1) is 6.92 Å². The number of amides is 1. The third kappa shape index (κ3) is 2.74. The van der Waals surface area contributed by atoms with Crippen molar-refractivity contribution in [1.82, 2.24) is 0 Å². The van der Waals surface area contributed by atoms with E-state index in [1.165, 1.54) is 24.3 Å². The summed E-state index contributed by atoms with van der Waals surface area (Å²) >= 11 is 0. The van der Waals surface area contributed by atoms with E-state index in [4.69, 9.17) is 9.52 Å². The Morgan fingerprint density at radius 2 is 1.95 bits per heavy atom. The zero-order chi connectivity index (χ0) is 14.0. The number of aromatic carboxylic acids is 1. The molecular weight excluding hydrogens is 250 g/mol. The molecule has 0 radical (unpaired) electrons. The molecule has 3 N–H and O–H groups in total. The van der Waals surface area contributed by atoms with Gasteiger partial charge in [0.15, 0.2) is 5.76 Å². The van der Waals surface area contributed by atoms with Gasteiger partial charge in [0, 0.05) is 0 Å². The van der Waals surface area contributed by atoms with Gasteiger partial charge in [-0.15, -0.1) is 0 Å². The van der Waals surface area contributed by atoms with E-state index in [-0.39, 0.29) is 22.8 Å². The molecule has 0 aliphatic carbocycles. The number of hydrogen-bond donors (Lipinski definition) is 3. The van der Waals surface area contributed by atoms with Crippen LogP contribution in [0.25, 0.3) is 0 Å². The van der Waals surface area contributed by atoms with Crippen molar-refractivity contribution >= 4 is 17.6 Å².